The number of allylic oxidation sites excluding steroid dienone is 2. The van der Waals surface area contributed by atoms with Gasteiger partial charge in [-0.25, -0.2) is 24.4 Å². The molecule has 2 unspecified atom stereocenters. The van der Waals surface area contributed by atoms with Gasteiger partial charge in [0.1, 0.15) is 18.7 Å². The first-order chi connectivity index (χ1) is 31.4. The first kappa shape index (κ1) is 48.7. The molecule has 0 radical (unpaired) electrons. The Morgan fingerprint density at radius 3 is 2.39 bits per heavy atom. The van der Waals surface area contributed by atoms with Gasteiger partial charge in [-0.05, 0) is 51.6 Å². The van der Waals surface area contributed by atoms with Crippen molar-refractivity contribution < 1.29 is 53.2 Å². The summed E-state index contributed by atoms with van der Waals surface area (Å²) in [6.45, 7) is 3.78. The monoisotopic (exact) mass is 952 g/mol. The molecule has 26 heteroatoms. The van der Waals surface area contributed by atoms with E-state index >= 15 is 0 Å². The molecule has 66 heavy (non-hydrogen) atoms. The van der Waals surface area contributed by atoms with Crippen LogP contribution in [0.3, 0.4) is 0 Å². The van der Waals surface area contributed by atoms with Gasteiger partial charge in [0.25, 0.3) is 11.5 Å². The summed E-state index contributed by atoms with van der Waals surface area (Å²) in [7, 11) is 5.70. The van der Waals surface area contributed by atoms with Crippen LogP contribution < -0.4 is 38.3 Å². The van der Waals surface area contributed by atoms with E-state index in [1.807, 2.05) is 18.9 Å². The molecule has 1 fully saturated rings. The summed E-state index contributed by atoms with van der Waals surface area (Å²) in [6.07, 6.45) is -0.358. The van der Waals surface area contributed by atoms with Crippen molar-refractivity contribution in [3.05, 3.63) is 74.6 Å². The number of aromatic nitrogens is 4. The fourth-order valence-corrected chi connectivity index (χ4v) is 10.0. The van der Waals surface area contributed by atoms with E-state index in [4.69, 9.17) is 20.9 Å². The molecule has 6 rings (SSSR count). The average Bonchev–Trinajstić information content (AvgIpc) is 3.70. The first-order valence-corrected chi connectivity index (χ1v) is 22.8. The minimum Gasteiger partial charge on any atom is -0.480 e. The standard InChI is InChI=1S/C40H48N12O12S2/c1-18-28(32(55)27-23(15-64-39(42)62)40(63-4)19(2)51(3)17-52(40)30(27)31(18)54)43-11-12-65-66-16-25(37(60)61)47-26(53)10-9-24(36(58)59)48-34(56)20-5-7-21(8-6-20)44-13-22-14-45-33-29(46-22)35(57)50-38(41)49-33/h5-8,14,19,23-25,43-44H,9-13,15-17H2,1-4H3,(H2,42,62)(H,47,53)(H,48,56)(H,58,59)(H,60,61)(H3,41,45,49,50,57)/t19-,23+,24?,25?,40-/m0/s1. The summed E-state index contributed by atoms with van der Waals surface area (Å²) >= 11 is 0. The molecular weight excluding hydrogens is 905 g/mol. The molecule has 1 saturated heterocycles. The van der Waals surface area contributed by atoms with Crippen molar-refractivity contribution in [2.75, 3.05) is 56.5 Å². The topological polar surface area (TPSA) is 357 Å². The zero-order valence-electron chi connectivity index (χ0n) is 36.0. The summed E-state index contributed by atoms with van der Waals surface area (Å²) in [6, 6.07) is 2.93. The van der Waals surface area contributed by atoms with Gasteiger partial charge in [-0.3, -0.25) is 33.9 Å². The third-order valence-corrected chi connectivity index (χ3v) is 13.8. The maximum absolute atomic E-state index is 14.1. The molecule has 1 aromatic carbocycles. The van der Waals surface area contributed by atoms with Crippen LogP contribution in [0, 0.1) is 5.92 Å². The zero-order valence-corrected chi connectivity index (χ0v) is 37.7. The van der Waals surface area contributed by atoms with E-state index in [9.17, 15) is 48.6 Å². The highest BCUT2D eigenvalue weighted by molar-refractivity contribution is 8.76. The Kier molecular flexibility index (Phi) is 15.2. The van der Waals surface area contributed by atoms with Crippen LogP contribution in [0.5, 0.6) is 0 Å². The van der Waals surface area contributed by atoms with E-state index in [1.54, 1.807) is 24.0 Å². The number of aromatic amines is 1. The molecule has 3 amide bonds. The number of nitrogens with two attached hydrogens (primary N) is 2. The van der Waals surface area contributed by atoms with Crippen LogP contribution in [0.2, 0.25) is 0 Å². The predicted octanol–water partition coefficient (Wildman–Crippen LogP) is -0.248. The Labute approximate surface area is 383 Å². The number of likely N-dealkylation sites (N-methyl/N-ethyl adjacent to an activating group) is 1. The number of benzene rings is 1. The van der Waals surface area contributed by atoms with Crippen LogP contribution in [0.4, 0.5) is 16.4 Å². The summed E-state index contributed by atoms with van der Waals surface area (Å²) < 4.78 is 11.2. The molecular formula is C40H48N12O12S2. The number of H-pyrrole nitrogens is 1. The van der Waals surface area contributed by atoms with Crippen LogP contribution in [-0.2, 0) is 40.0 Å². The molecule has 24 nitrogen and oxygen atoms in total. The number of carbonyl (C=O) groups is 7. The molecule has 0 bridgehead atoms. The van der Waals surface area contributed by atoms with Crippen molar-refractivity contribution in [1.82, 2.24) is 45.7 Å². The highest BCUT2D eigenvalue weighted by Gasteiger charge is 2.65. The fraction of sp³-hybridized carbons (Fsp3) is 0.425. The van der Waals surface area contributed by atoms with Crippen LogP contribution >= 0.6 is 21.6 Å². The molecule has 0 spiro atoms. The summed E-state index contributed by atoms with van der Waals surface area (Å²) in [5.74, 6) is -5.66. The van der Waals surface area contributed by atoms with Gasteiger partial charge in [-0.15, -0.1) is 0 Å². The van der Waals surface area contributed by atoms with Crippen LogP contribution in [0.25, 0.3) is 11.2 Å². The number of nitrogen functional groups attached to an aromatic ring is 1. The number of fused-ring (bicyclic) bond motifs is 3. The number of carboxylic acids is 2. The Balaban J connectivity index is 0.942. The maximum atomic E-state index is 14.1. The van der Waals surface area contributed by atoms with Gasteiger partial charge < -0.3 is 57.3 Å². The van der Waals surface area contributed by atoms with Crippen LogP contribution in [0.15, 0.2) is 57.8 Å². The number of ketones is 2. The van der Waals surface area contributed by atoms with E-state index in [0.29, 0.717) is 17.1 Å². The normalized spacial score (nSPS) is 20.2. The average molecular weight is 953 g/mol. The summed E-state index contributed by atoms with van der Waals surface area (Å²) in [4.78, 5) is 120. The van der Waals surface area contributed by atoms with Gasteiger partial charge in [-0.1, -0.05) is 21.6 Å². The Morgan fingerprint density at radius 1 is 1.02 bits per heavy atom. The van der Waals surface area contributed by atoms with Crippen molar-refractivity contribution >= 4 is 85.8 Å². The number of Topliss-reactive ketones (excluding diaryl/α,β-unsaturated/α-hetero) is 2. The van der Waals surface area contributed by atoms with E-state index in [-0.39, 0.29) is 95.6 Å². The summed E-state index contributed by atoms with van der Waals surface area (Å²) in [5.41, 5.74) is 10.9. The maximum Gasteiger partial charge on any atom is 0.404 e. The third kappa shape index (κ3) is 10.2. The number of ether oxygens (including phenoxy) is 2. The van der Waals surface area contributed by atoms with Crippen molar-refractivity contribution in [1.29, 1.82) is 0 Å². The number of hydrogen-bond donors (Lipinski definition) is 9. The molecule has 0 saturated carbocycles. The molecule has 2 aliphatic heterocycles. The molecule has 11 N–H and O–H groups in total. The molecule has 3 aliphatic rings. The SMILES string of the molecule is CO[C@@]12[C@H](COC(N)=O)C3=C(C(=O)C(C)=C(NCCSSCC(NC(=O)CCC(NC(=O)c4ccc(NCc5cnc6nc(N)[nH]c(=O)c6n5)cc4)C(=O)O)C(=O)O)C3=O)N1CN(C)[C@H]2C. The van der Waals surface area contributed by atoms with E-state index < -0.39 is 71.3 Å². The predicted molar refractivity (Wildman–Crippen MR) is 239 cm³/mol. The second-order valence-electron chi connectivity index (χ2n) is 15.4. The van der Waals surface area contributed by atoms with Crippen molar-refractivity contribution in [3.63, 3.8) is 0 Å². The Hall–Kier alpha value is -6.77. The molecule has 3 aromatic rings. The smallest absolute Gasteiger partial charge is 0.404 e. The van der Waals surface area contributed by atoms with Gasteiger partial charge in [0.2, 0.25) is 23.4 Å². The molecule has 352 valence electrons. The Bertz CT molecular complexity index is 2570. The fourth-order valence-electron chi connectivity index (χ4n) is 7.95. The highest BCUT2D eigenvalue weighted by atomic mass is 33.1. The number of methoxy groups -OCH3 is 1. The number of hydrogen-bond acceptors (Lipinski definition) is 20. The summed E-state index contributed by atoms with van der Waals surface area (Å²) in [5, 5.41) is 30.5. The molecule has 2 aromatic heterocycles. The van der Waals surface area contributed by atoms with Crippen molar-refractivity contribution in [2.24, 2.45) is 11.7 Å². The number of nitrogens with zero attached hydrogens (tertiary/aromatic N) is 5. The highest BCUT2D eigenvalue weighted by Crippen LogP contribution is 2.52. The van der Waals surface area contributed by atoms with Crippen molar-refractivity contribution in [3.8, 4) is 0 Å². The second-order valence-corrected chi connectivity index (χ2v) is 18.0. The second kappa shape index (κ2) is 20.6. The van der Waals surface area contributed by atoms with Crippen molar-refractivity contribution in [2.45, 2.75) is 57.1 Å². The molecule has 4 heterocycles. The molecule has 1 aliphatic carbocycles. The zero-order chi connectivity index (χ0) is 48.0. The first-order valence-electron chi connectivity index (χ1n) is 20.3. The number of amides is 3. The number of primary amides is 1. The van der Waals surface area contributed by atoms with E-state index in [1.165, 1.54) is 36.2 Å². The number of nitrogens with one attached hydrogen (secondary N) is 5. The van der Waals surface area contributed by atoms with Gasteiger partial charge in [-0.2, -0.15) is 4.98 Å². The van der Waals surface area contributed by atoms with E-state index in [0.717, 1.165) is 10.8 Å². The minimum absolute atomic E-state index is 0.0156. The molecule has 5 atom stereocenters. The lowest BCUT2D eigenvalue weighted by Crippen LogP contribution is -2.55. The minimum atomic E-state index is -1.47. The van der Waals surface area contributed by atoms with Gasteiger partial charge in [0.15, 0.2) is 16.9 Å². The number of anilines is 2. The lowest BCUT2D eigenvalue weighted by Gasteiger charge is -2.40. The van der Waals surface area contributed by atoms with E-state index in [2.05, 4.69) is 41.2 Å². The lowest BCUT2D eigenvalue weighted by atomic mass is 9.81. The number of carbonyl (C=O) groups excluding carboxylic acids is 5. The van der Waals surface area contributed by atoms with Crippen LogP contribution in [0.1, 0.15) is 42.7 Å². The van der Waals surface area contributed by atoms with Gasteiger partial charge in [0.05, 0.1) is 48.5 Å². The Morgan fingerprint density at radius 2 is 1.73 bits per heavy atom. The third-order valence-electron chi connectivity index (χ3n) is 11.3. The largest absolute Gasteiger partial charge is 0.480 e. The lowest BCUT2D eigenvalue weighted by molar-refractivity contribution is -0.142. The van der Waals surface area contributed by atoms with Gasteiger partial charge >= 0.3 is 18.0 Å². The quantitative estimate of drug-likeness (QED) is 0.0378. The van der Waals surface area contributed by atoms with Crippen LogP contribution in [-0.4, -0.2) is 151 Å². The number of carboxylic acid groups (broad SMARTS) is 2. The van der Waals surface area contributed by atoms with Gasteiger partial charge in [0, 0.05) is 54.0 Å². The number of rotatable bonds is 21. The number of aliphatic carboxylic acids is 2.